The molecule has 5 atom stereocenters. The molecule has 0 bridgehead atoms. The summed E-state index contributed by atoms with van der Waals surface area (Å²) in [6, 6.07) is 12.1. The Bertz CT molecular complexity index is 1070. The van der Waals surface area contributed by atoms with Gasteiger partial charge in [0.1, 0.15) is 17.7 Å². The quantitative estimate of drug-likeness (QED) is 0.676. The minimum atomic E-state index is -0.630. The lowest BCUT2D eigenvalue weighted by Crippen LogP contribution is -2.44. The number of hydrogen-bond donors (Lipinski definition) is 0. The molecule has 2 aliphatic heterocycles. The molecule has 6 nitrogen and oxygen atoms in total. The van der Waals surface area contributed by atoms with E-state index in [1.807, 2.05) is 30.3 Å². The molecule has 1 aromatic carbocycles. The molecule has 3 aliphatic rings. The maximum atomic E-state index is 13.7. The highest BCUT2D eigenvalue weighted by atomic mass is 35.5. The number of halogens is 1. The van der Waals surface area contributed by atoms with Crippen LogP contribution in [0.2, 0.25) is 0 Å². The first-order chi connectivity index (χ1) is 15.0. The van der Waals surface area contributed by atoms with E-state index in [1.165, 1.54) is 0 Å². The summed E-state index contributed by atoms with van der Waals surface area (Å²) in [6.45, 7) is 2.06. The van der Waals surface area contributed by atoms with Gasteiger partial charge in [-0.25, -0.2) is 4.98 Å². The fraction of sp³-hybridized carbons (Fsp3) is 0.375. The summed E-state index contributed by atoms with van der Waals surface area (Å²) in [5, 5.41) is -0.0878. The Balaban J connectivity index is 1.64. The molecule has 0 N–H and O–H groups in total. The predicted octanol–water partition coefficient (Wildman–Crippen LogP) is 4.05. The average molecular weight is 439 g/mol. The van der Waals surface area contributed by atoms with Crippen molar-refractivity contribution in [2.45, 2.75) is 37.3 Å². The van der Waals surface area contributed by atoms with E-state index in [0.29, 0.717) is 30.0 Å². The van der Waals surface area contributed by atoms with Gasteiger partial charge in [0.25, 0.3) is 5.91 Å². The highest BCUT2D eigenvalue weighted by Gasteiger charge is 2.54. The van der Waals surface area contributed by atoms with E-state index in [2.05, 4.69) is 11.9 Å². The number of pyridine rings is 1. The van der Waals surface area contributed by atoms with Gasteiger partial charge in [0.05, 0.1) is 24.6 Å². The van der Waals surface area contributed by atoms with Crippen LogP contribution in [0.1, 0.15) is 31.4 Å². The van der Waals surface area contributed by atoms with Crippen molar-refractivity contribution in [3.05, 3.63) is 65.6 Å². The molecule has 1 saturated carbocycles. The molecular weight excluding hydrogens is 416 g/mol. The Hall–Kier alpha value is -2.86. The molecule has 5 unspecified atom stereocenters. The van der Waals surface area contributed by atoms with E-state index in [9.17, 15) is 9.59 Å². The maximum absolute atomic E-state index is 13.7. The van der Waals surface area contributed by atoms with Crippen molar-refractivity contribution in [1.29, 1.82) is 0 Å². The van der Waals surface area contributed by atoms with Crippen LogP contribution in [0.3, 0.4) is 0 Å². The van der Waals surface area contributed by atoms with Crippen LogP contribution in [-0.4, -0.2) is 35.3 Å². The van der Waals surface area contributed by atoms with Crippen molar-refractivity contribution in [2.75, 3.05) is 12.0 Å². The third-order valence-corrected chi connectivity index (χ3v) is 7.12. The second-order valence-corrected chi connectivity index (χ2v) is 8.94. The zero-order valence-corrected chi connectivity index (χ0v) is 18.1. The van der Waals surface area contributed by atoms with E-state index in [4.69, 9.17) is 21.1 Å². The topological polar surface area (TPSA) is 68.7 Å². The molecule has 1 amide bonds. The monoisotopic (exact) mass is 438 g/mol. The van der Waals surface area contributed by atoms with Gasteiger partial charge in [-0.1, -0.05) is 25.1 Å². The molecular formula is C24H23ClN2O4. The van der Waals surface area contributed by atoms with Gasteiger partial charge in [0.15, 0.2) is 11.5 Å². The van der Waals surface area contributed by atoms with Crippen molar-refractivity contribution >= 4 is 29.1 Å². The summed E-state index contributed by atoms with van der Waals surface area (Å²) in [4.78, 5) is 33.2. The fourth-order valence-corrected chi connectivity index (χ4v) is 5.17. The number of ketones is 1. The third-order valence-electron chi connectivity index (χ3n) is 6.52. The summed E-state index contributed by atoms with van der Waals surface area (Å²) < 4.78 is 11.6. The van der Waals surface area contributed by atoms with Crippen LogP contribution in [0.4, 0.5) is 5.82 Å². The maximum Gasteiger partial charge on any atom is 0.295 e. The number of Topliss-reactive ketones (excluding diaryl/α,β-unsaturated/α-hetero) is 1. The molecule has 160 valence electrons. The summed E-state index contributed by atoms with van der Waals surface area (Å²) in [5.74, 6) is 0.742. The Morgan fingerprint density at radius 2 is 2.00 bits per heavy atom. The van der Waals surface area contributed by atoms with Crippen LogP contribution < -0.4 is 9.64 Å². The van der Waals surface area contributed by atoms with Crippen molar-refractivity contribution in [1.82, 2.24) is 4.98 Å². The normalized spacial score (nSPS) is 30.0. The predicted molar refractivity (Wildman–Crippen MR) is 116 cm³/mol. The number of aromatic nitrogens is 1. The second-order valence-electron chi connectivity index (χ2n) is 8.38. The number of carbonyl (C=O) groups is 2. The van der Waals surface area contributed by atoms with Crippen LogP contribution in [-0.2, 0) is 14.3 Å². The van der Waals surface area contributed by atoms with Crippen molar-refractivity contribution in [3.63, 3.8) is 0 Å². The average Bonchev–Trinajstić information content (AvgIpc) is 3.08. The highest BCUT2D eigenvalue weighted by molar-refractivity contribution is 6.21. The van der Waals surface area contributed by atoms with E-state index in [1.54, 1.807) is 30.3 Å². The molecule has 1 aliphatic carbocycles. The molecule has 31 heavy (non-hydrogen) atoms. The Kier molecular flexibility index (Phi) is 4.97. The minimum Gasteiger partial charge on any atom is -0.497 e. The highest BCUT2D eigenvalue weighted by Crippen LogP contribution is 2.49. The SMILES string of the molecule is COc1cccc(C2C3=C(OC4CC(C)C(Cl)CC4C3=O)C(=O)N2c2ccccn2)c1. The van der Waals surface area contributed by atoms with E-state index in [0.717, 1.165) is 5.56 Å². The molecule has 1 fully saturated rings. The smallest absolute Gasteiger partial charge is 0.295 e. The molecule has 0 radical (unpaired) electrons. The molecule has 0 saturated heterocycles. The van der Waals surface area contributed by atoms with E-state index in [-0.39, 0.29) is 40.8 Å². The van der Waals surface area contributed by atoms with E-state index >= 15 is 0 Å². The summed E-state index contributed by atoms with van der Waals surface area (Å²) in [7, 11) is 1.59. The van der Waals surface area contributed by atoms with E-state index < -0.39 is 6.04 Å². The number of carbonyl (C=O) groups excluding carboxylic acids is 2. The number of rotatable bonds is 3. The molecule has 7 heteroatoms. The Morgan fingerprint density at radius 3 is 2.74 bits per heavy atom. The number of alkyl halides is 1. The lowest BCUT2D eigenvalue weighted by Gasteiger charge is -2.39. The first-order valence-corrected chi connectivity index (χ1v) is 10.9. The lowest BCUT2D eigenvalue weighted by molar-refractivity contribution is -0.132. The standard InChI is InChI=1S/C24H23ClN2O4/c1-13-10-18-16(12-17(13)25)22(28)20-21(14-6-5-7-15(11-14)30-2)27(24(29)23(20)31-18)19-8-3-4-9-26-19/h3-9,11,13,16-18,21H,10,12H2,1-2H3. The van der Waals surface area contributed by atoms with Gasteiger partial charge in [-0.15, -0.1) is 11.6 Å². The Labute approximate surface area is 185 Å². The number of fused-ring (bicyclic) bond motifs is 1. The molecule has 5 rings (SSSR count). The number of ether oxygens (including phenoxy) is 2. The molecule has 2 aromatic rings. The van der Waals surface area contributed by atoms with Crippen molar-refractivity contribution in [2.24, 2.45) is 11.8 Å². The number of anilines is 1. The lowest BCUT2D eigenvalue weighted by atomic mass is 9.74. The van der Waals surface area contributed by atoms with Gasteiger partial charge >= 0.3 is 0 Å². The summed E-state index contributed by atoms with van der Waals surface area (Å²) in [6.07, 6.45) is 2.51. The number of methoxy groups -OCH3 is 1. The zero-order valence-electron chi connectivity index (χ0n) is 17.3. The third kappa shape index (κ3) is 3.21. The van der Waals surface area contributed by atoms with Gasteiger partial charge in [-0.2, -0.15) is 0 Å². The van der Waals surface area contributed by atoms with Gasteiger partial charge < -0.3 is 9.47 Å². The van der Waals surface area contributed by atoms with Crippen LogP contribution in [0.5, 0.6) is 5.75 Å². The first-order valence-electron chi connectivity index (χ1n) is 10.5. The van der Waals surface area contributed by atoms with Gasteiger partial charge in [-0.05, 0) is 48.6 Å². The van der Waals surface area contributed by atoms with Crippen molar-refractivity contribution < 1.29 is 19.1 Å². The van der Waals surface area contributed by atoms with Crippen LogP contribution in [0.25, 0.3) is 0 Å². The molecule has 0 spiro atoms. The van der Waals surface area contributed by atoms with Gasteiger partial charge in [0.2, 0.25) is 0 Å². The van der Waals surface area contributed by atoms with Crippen molar-refractivity contribution in [3.8, 4) is 5.75 Å². The Morgan fingerprint density at radius 1 is 1.16 bits per heavy atom. The molecule has 3 heterocycles. The minimum absolute atomic E-state index is 0.0524. The molecule has 1 aromatic heterocycles. The first kappa shape index (κ1) is 20.1. The number of benzene rings is 1. The number of amides is 1. The van der Waals surface area contributed by atoms with Gasteiger partial charge in [0, 0.05) is 11.6 Å². The number of hydrogen-bond acceptors (Lipinski definition) is 5. The summed E-state index contributed by atoms with van der Waals surface area (Å²) in [5.41, 5.74) is 1.16. The van der Waals surface area contributed by atoms with Gasteiger partial charge in [-0.3, -0.25) is 14.5 Å². The van der Waals surface area contributed by atoms with Crippen LogP contribution in [0.15, 0.2) is 60.0 Å². The van der Waals surface area contributed by atoms with Crippen LogP contribution >= 0.6 is 11.6 Å². The largest absolute Gasteiger partial charge is 0.497 e. The second kappa shape index (κ2) is 7.68. The van der Waals surface area contributed by atoms with Crippen LogP contribution in [0, 0.1) is 11.8 Å². The fourth-order valence-electron chi connectivity index (χ4n) is 4.88. The zero-order chi connectivity index (χ0) is 21.7. The summed E-state index contributed by atoms with van der Waals surface area (Å²) >= 11 is 6.51. The number of nitrogens with zero attached hydrogens (tertiary/aromatic N) is 2.